The first kappa shape index (κ1) is 16.7. The quantitative estimate of drug-likeness (QED) is 0.586. The van der Waals surface area contributed by atoms with E-state index in [2.05, 4.69) is 0 Å². The van der Waals surface area contributed by atoms with Crippen LogP contribution >= 0.6 is 11.6 Å². The second kappa shape index (κ2) is 6.38. The number of sulfonamides is 1. The van der Waals surface area contributed by atoms with Gasteiger partial charge in [-0.3, -0.25) is 14.4 Å². The molecule has 1 aromatic carbocycles. The van der Waals surface area contributed by atoms with E-state index in [4.69, 9.17) is 11.6 Å². The molecular weight excluding hydrogens is 306 g/mol. The molecule has 0 amide bonds. The van der Waals surface area contributed by atoms with Gasteiger partial charge in [-0.05, 0) is 20.2 Å². The average Bonchev–Trinajstić information content (AvgIpc) is 2.28. The summed E-state index contributed by atoms with van der Waals surface area (Å²) in [5.41, 5.74) is -0.201. The van der Waals surface area contributed by atoms with Gasteiger partial charge in [0.2, 0.25) is 10.0 Å². The SMILES string of the molecule is CN(C)CCN(c1cccc([N+](=O)[O-])c1Cl)S(C)(=O)=O. The zero-order valence-electron chi connectivity index (χ0n) is 11.4. The summed E-state index contributed by atoms with van der Waals surface area (Å²) < 4.78 is 24.8. The summed E-state index contributed by atoms with van der Waals surface area (Å²) in [5.74, 6) is 0. The number of hydrogen-bond acceptors (Lipinski definition) is 5. The Morgan fingerprint density at radius 3 is 2.35 bits per heavy atom. The van der Waals surface area contributed by atoms with Gasteiger partial charge in [0.1, 0.15) is 5.02 Å². The normalized spacial score (nSPS) is 11.7. The van der Waals surface area contributed by atoms with Crippen LogP contribution in [0.3, 0.4) is 0 Å². The Kier molecular flexibility index (Phi) is 5.32. The van der Waals surface area contributed by atoms with E-state index < -0.39 is 14.9 Å². The molecule has 0 aliphatic carbocycles. The van der Waals surface area contributed by atoms with Crippen molar-refractivity contribution in [3.8, 4) is 0 Å². The van der Waals surface area contributed by atoms with E-state index in [1.54, 1.807) is 14.1 Å². The van der Waals surface area contributed by atoms with Gasteiger partial charge in [0.15, 0.2) is 0 Å². The highest BCUT2D eigenvalue weighted by Crippen LogP contribution is 2.35. The molecule has 0 aliphatic rings. The summed E-state index contributed by atoms with van der Waals surface area (Å²) in [5, 5.41) is 10.7. The van der Waals surface area contributed by atoms with Crippen LogP contribution in [0.4, 0.5) is 11.4 Å². The lowest BCUT2D eigenvalue weighted by atomic mass is 10.2. The number of anilines is 1. The smallest absolute Gasteiger partial charge is 0.290 e. The first-order valence-electron chi connectivity index (χ1n) is 5.70. The van der Waals surface area contributed by atoms with E-state index in [0.29, 0.717) is 6.54 Å². The minimum absolute atomic E-state index is 0.116. The third kappa shape index (κ3) is 4.06. The van der Waals surface area contributed by atoms with Crippen molar-refractivity contribution in [1.29, 1.82) is 0 Å². The van der Waals surface area contributed by atoms with E-state index >= 15 is 0 Å². The van der Waals surface area contributed by atoms with Crippen LogP contribution in [0, 0.1) is 10.1 Å². The number of nitrogens with zero attached hydrogens (tertiary/aromatic N) is 3. The Morgan fingerprint density at radius 1 is 1.30 bits per heavy atom. The molecule has 0 heterocycles. The minimum Gasteiger partial charge on any atom is -0.308 e. The van der Waals surface area contributed by atoms with Gasteiger partial charge < -0.3 is 4.90 Å². The molecular formula is C11H16ClN3O4S. The fraction of sp³-hybridized carbons (Fsp3) is 0.455. The molecule has 0 saturated heterocycles. The van der Waals surface area contributed by atoms with Crippen LogP contribution < -0.4 is 4.31 Å². The van der Waals surface area contributed by atoms with Gasteiger partial charge in [0.25, 0.3) is 5.69 Å². The summed E-state index contributed by atoms with van der Waals surface area (Å²) >= 11 is 5.96. The summed E-state index contributed by atoms with van der Waals surface area (Å²) in [7, 11) is 0.0232. The monoisotopic (exact) mass is 321 g/mol. The number of benzene rings is 1. The lowest BCUT2D eigenvalue weighted by Crippen LogP contribution is -2.36. The zero-order valence-corrected chi connectivity index (χ0v) is 13.0. The van der Waals surface area contributed by atoms with E-state index in [1.807, 2.05) is 4.90 Å². The molecule has 7 nitrogen and oxygen atoms in total. The molecule has 0 aliphatic heterocycles. The van der Waals surface area contributed by atoms with Crippen molar-refractivity contribution in [2.45, 2.75) is 0 Å². The third-order valence-corrected chi connectivity index (χ3v) is 4.14. The molecule has 9 heteroatoms. The van der Waals surface area contributed by atoms with Gasteiger partial charge in [-0.15, -0.1) is 0 Å². The Labute approximate surface area is 122 Å². The maximum Gasteiger partial charge on any atom is 0.290 e. The number of nitro groups is 1. The number of halogens is 1. The van der Waals surface area contributed by atoms with Gasteiger partial charge >= 0.3 is 0 Å². The molecule has 0 bridgehead atoms. The second-order valence-corrected chi connectivity index (χ2v) is 6.79. The predicted molar refractivity (Wildman–Crippen MR) is 78.9 cm³/mol. The largest absolute Gasteiger partial charge is 0.308 e. The lowest BCUT2D eigenvalue weighted by Gasteiger charge is -2.24. The van der Waals surface area contributed by atoms with Crippen LogP contribution in [0.2, 0.25) is 5.02 Å². The highest BCUT2D eigenvalue weighted by atomic mass is 35.5. The van der Waals surface area contributed by atoms with Crippen LogP contribution in [0.1, 0.15) is 0 Å². The molecule has 1 rings (SSSR count). The van der Waals surface area contributed by atoms with Gasteiger partial charge in [-0.2, -0.15) is 0 Å². The molecule has 0 unspecified atom stereocenters. The van der Waals surface area contributed by atoms with Crippen molar-refractivity contribution in [3.05, 3.63) is 33.3 Å². The van der Waals surface area contributed by atoms with E-state index in [1.165, 1.54) is 18.2 Å². The highest BCUT2D eigenvalue weighted by Gasteiger charge is 2.24. The fourth-order valence-corrected chi connectivity index (χ4v) is 2.87. The first-order valence-corrected chi connectivity index (χ1v) is 7.92. The third-order valence-electron chi connectivity index (χ3n) is 2.57. The van der Waals surface area contributed by atoms with Crippen LogP contribution in [-0.2, 0) is 10.0 Å². The van der Waals surface area contributed by atoms with Gasteiger partial charge in [0, 0.05) is 19.2 Å². The first-order chi connectivity index (χ1) is 9.14. The van der Waals surface area contributed by atoms with Gasteiger partial charge in [-0.1, -0.05) is 17.7 Å². The van der Waals surface area contributed by atoms with Crippen molar-refractivity contribution in [2.24, 2.45) is 0 Å². The summed E-state index contributed by atoms with van der Waals surface area (Å²) in [6.45, 7) is 0.624. The van der Waals surface area contributed by atoms with Crippen LogP contribution in [0.5, 0.6) is 0 Å². The molecule has 0 saturated carbocycles. The number of rotatable bonds is 6. The van der Waals surface area contributed by atoms with E-state index in [0.717, 1.165) is 10.6 Å². The minimum atomic E-state index is -3.58. The Bertz CT molecular complexity index is 604. The van der Waals surface area contributed by atoms with Gasteiger partial charge in [-0.25, -0.2) is 8.42 Å². The van der Waals surface area contributed by atoms with Crippen molar-refractivity contribution in [1.82, 2.24) is 4.90 Å². The van der Waals surface area contributed by atoms with Gasteiger partial charge in [0.05, 0.1) is 16.9 Å². The molecule has 0 spiro atoms. The number of hydrogen-bond donors (Lipinski definition) is 0. The topological polar surface area (TPSA) is 83.8 Å². The molecule has 112 valence electrons. The highest BCUT2D eigenvalue weighted by molar-refractivity contribution is 7.92. The average molecular weight is 322 g/mol. The summed E-state index contributed by atoms with van der Waals surface area (Å²) in [6.07, 6.45) is 1.04. The van der Waals surface area contributed by atoms with Crippen molar-refractivity contribution in [3.63, 3.8) is 0 Å². The maximum atomic E-state index is 11.9. The molecule has 0 aromatic heterocycles. The van der Waals surface area contributed by atoms with Crippen molar-refractivity contribution < 1.29 is 13.3 Å². The maximum absolute atomic E-state index is 11.9. The predicted octanol–water partition coefficient (Wildman–Crippen LogP) is 1.58. The molecule has 0 radical (unpaired) electrons. The summed E-state index contributed by atoms with van der Waals surface area (Å²) in [4.78, 5) is 12.0. The van der Waals surface area contributed by atoms with Crippen molar-refractivity contribution in [2.75, 3.05) is 37.7 Å². The van der Waals surface area contributed by atoms with Crippen LogP contribution in [0.25, 0.3) is 0 Å². The molecule has 0 atom stereocenters. The standard InChI is InChI=1S/C11H16ClN3O4S/c1-13(2)7-8-14(20(3,18)19)9-5-4-6-10(11(9)12)15(16)17/h4-6H,7-8H2,1-3H3. The Balaban J connectivity index is 3.28. The number of likely N-dealkylation sites (N-methyl/N-ethyl adjacent to an activating group) is 1. The summed E-state index contributed by atoms with van der Waals surface area (Å²) in [6, 6.07) is 4.09. The molecule has 20 heavy (non-hydrogen) atoms. The zero-order chi connectivity index (χ0) is 15.5. The van der Waals surface area contributed by atoms with Crippen molar-refractivity contribution >= 4 is 33.0 Å². The van der Waals surface area contributed by atoms with E-state index in [-0.39, 0.29) is 22.9 Å². The Morgan fingerprint density at radius 2 is 1.90 bits per heavy atom. The van der Waals surface area contributed by atoms with Crippen LogP contribution in [0.15, 0.2) is 18.2 Å². The van der Waals surface area contributed by atoms with Crippen LogP contribution in [-0.4, -0.2) is 51.7 Å². The van der Waals surface area contributed by atoms with E-state index in [9.17, 15) is 18.5 Å². The Hall–Kier alpha value is -1.38. The second-order valence-electron chi connectivity index (χ2n) is 4.51. The lowest BCUT2D eigenvalue weighted by molar-refractivity contribution is -0.384. The number of nitro benzene ring substituents is 1. The molecule has 0 fully saturated rings. The fourth-order valence-electron chi connectivity index (χ4n) is 1.60. The molecule has 0 N–H and O–H groups in total. The molecule has 1 aromatic rings.